The summed E-state index contributed by atoms with van der Waals surface area (Å²) < 4.78 is 11.5. The third-order valence-corrected chi connectivity index (χ3v) is 6.41. The van der Waals surface area contributed by atoms with Gasteiger partial charge in [-0.15, -0.1) is 0 Å². The Hall–Kier alpha value is -1.73. The molecule has 0 aromatic heterocycles. The Balaban J connectivity index is 1.69. The molecule has 1 aromatic carbocycles. The molecule has 7 heteroatoms. The maximum Gasteiger partial charge on any atom is 0.251 e. The van der Waals surface area contributed by atoms with Gasteiger partial charge in [-0.3, -0.25) is 18.7 Å². The monoisotopic (exact) mass is 322 g/mol. The fourth-order valence-electron chi connectivity index (χ4n) is 2.86. The van der Waals surface area contributed by atoms with Gasteiger partial charge in [0.1, 0.15) is 17.6 Å². The first kappa shape index (κ1) is 15.2. The van der Waals surface area contributed by atoms with Crippen LogP contribution in [0.2, 0.25) is 0 Å². The third-order valence-electron chi connectivity index (χ3n) is 4.23. The van der Waals surface area contributed by atoms with Gasteiger partial charge in [-0.05, 0) is 19.4 Å². The van der Waals surface area contributed by atoms with Crippen LogP contribution in [0.15, 0.2) is 30.3 Å². The summed E-state index contributed by atoms with van der Waals surface area (Å²) >= 11 is 0. The molecular formula is C15H18N2O4S. The lowest BCUT2D eigenvalue weighted by Gasteiger charge is -2.42. The van der Waals surface area contributed by atoms with E-state index < -0.39 is 33.2 Å². The van der Waals surface area contributed by atoms with Crippen LogP contribution in [-0.4, -0.2) is 48.4 Å². The SMILES string of the molecule is CC1(C)[C@H](O)N2C(=O)[C@@H](NC(=O)Cc3ccccc3)[C@H]2[S@]1=O. The van der Waals surface area contributed by atoms with E-state index in [9.17, 15) is 18.9 Å². The Morgan fingerprint density at radius 3 is 2.64 bits per heavy atom. The van der Waals surface area contributed by atoms with Crippen molar-refractivity contribution in [2.45, 2.75) is 42.7 Å². The molecule has 3 rings (SSSR count). The van der Waals surface area contributed by atoms with Crippen molar-refractivity contribution in [3.63, 3.8) is 0 Å². The van der Waals surface area contributed by atoms with Gasteiger partial charge in [-0.25, -0.2) is 0 Å². The van der Waals surface area contributed by atoms with Gasteiger partial charge in [-0.1, -0.05) is 30.3 Å². The van der Waals surface area contributed by atoms with Gasteiger partial charge < -0.3 is 10.4 Å². The molecule has 2 fully saturated rings. The molecule has 2 aliphatic rings. The molecular weight excluding hydrogens is 304 g/mol. The van der Waals surface area contributed by atoms with Crippen LogP contribution in [0.5, 0.6) is 0 Å². The molecule has 0 saturated carbocycles. The van der Waals surface area contributed by atoms with Gasteiger partial charge in [0, 0.05) is 0 Å². The Bertz CT molecular complexity index is 646. The van der Waals surface area contributed by atoms with Crippen molar-refractivity contribution in [2.75, 3.05) is 0 Å². The minimum absolute atomic E-state index is 0.163. The van der Waals surface area contributed by atoms with E-state index >= 15 is 0 Å². The number of hydrogen-bond acceptors (Lipinski definition) is 4. The number of rotatable bonds is 3. The number of fused-ring (bicyclic) bond motifs is 1. The molecule has 1 aromatic rings. The minimum atomic E-state index is -1.42. The Kier molecular flexibility index (Phi) is 3.57. The fraction of sp³-hybridized carbons (Fsp3) is 0.467. The van der Waals surface area contributed by atoms with Crippen molar-refractivity contribution in [1.82, 2.24) is 10.2 Å². The third kappa shape index (κ3) is 2.16. The summed E-state index contributed by atoms with van der Waals surface area (Å²) in [7, 11) is -1.42. The van der Waals surface area contributed by atoms with Gasteiger partial charge in [0.05, 0.1) is 22.0 Å². The van der Waals surface area contributed by atoms with Crippen LogP contribution < -0.4 is 5.32 Å². The first-order valence-electron chi connectivity index (χ1n) is 7.08. The molecule has 0 bridgehead atoms. The molecule has 22 heavy (non-hydrogen) atoms. The van der Waals surface area contributed by atoms with E-state index in [1.807, 2.05) is 30.3 Å². The summed E-state index contributed by atoms with van der Waals surface area (Å²) in [6.45, 7) is 3.31. The molecule has 0 unspecified atom stereocenters. The number of aliphatic hydroxyl groups excluding tert-OH is 1. The topological polar surface area (TPSA) is 86.7 Å². The molecule has 0 aliphatic carbocycles. The number of amides is 2. The number of carbonyl (C=O) groups is 2. The van der Waals surface area contributed by atoms with Gasteiger partial charge in [0.25, 0.3) is 5.91 Å². The van der Waals surface area contributed by atoms with Crippen molar-refractivity contribution >= 4 is 22.6 Å². The Morgan fingerprint density at radius 2 is 2.00 bits per heavy atom. The lowest BCUT2D eigenvalue weighted by molar-refractivity contribution is -0.162. The molecule has 2 aliphatic heterocycles. The summed E-state index contributed by atoms with van der Waals surface area (Å²) in [6.07, 6.45) is -0.913. The molecule has 0 radical (unpaired) electrons. The number of β-lactam (4-membered cyclic amide) rings is 1. The lowest BCUT2D eigenvalue weighted by Crippen LogP contribution is -2.70. The van der Waals surface area contributed by atoms with Crippen LogP contribution in [0.25, 0.3) is 0 Å². The standard InChI is InChI=1S/C15H18N2O4S/c1-15(2)14(20)17-12(19)11(13(17)22(15)21)16-10(18)8-9-6-4-3-5-7-9/h3-7,11,13-14,20H,8H2,1-2H3,(H,16,18)/t11-,13-,14+,22-/m1/s1. The molecule has 118 valence electrons. The van der Waals surface area contributed by atoms with Crippen molar-refractivity contribution in [1.29, 1.82) is 0 Å². The second-order valence-corrected chi connectivity index (χ2v) is 8.25. The second kappa shape index (κ2) is 5.17. The van der Waals surface area contributed by atoms with Gasteiger partial charge in [0.2, 0.25) is 5.91 Å². The summed E-state index contributed by atoms with van der Waals surface area (Å²) in [6, 6.07) is 8.38. The smallest absolute Gasteiger partial charge is 0.251 e. The lowest BCUT2D eigenvalue weighted by atomic mass is 10.0. The largest absolute Gasteiger partial charge is 0.372 e. The average Bonchev–Trinajstić information content (AvgIpc) is 2.64. The zero-order valence-electron chi connectivity index (χ0n) is 12.4. The highest BCUT2D eigenvalue weighted by Gasteiger charge is 2.65. The van der Waals surface area contributed by atoms with Crippen molar-refractivity contribution < 1.29 is 18.9 Å². The maximum atomic E-state index is 12.4. The number of hydrogen-bond donors (Lipinski definition) is 2. The number of aliphatic hydroxyl groups is 1. The molecule has 2 saturated heterocycles. The Labute approximate surface area is 131 Å². The van der Waals surface area contributed by atoms with Gasteiger partial charge in [0.15, 0.2) is 0 Å². The van der Waals surface area contributed by atoms with Crippen LogP contribution in [0.3, 0.4) is 0 Å². The van der Waals surface area contributed by atoms with Crippen LogP contribution in [-0.2, 0) is 26.8 Å². The van der Waals surface area contributed by atoms with Gasteiger partial charge >= 0.3 is 0 Å². The average molecular weight is 322 g/mol. The van der Waals surface area contributed by atoms with Crippen molar-refractivity contribution in [2.24, 2.45) is 0 Å². The van der Waals surface area contributed by atoms with E-state index in [1.165, 1.54) is 4.90 Å². The zero-order valence-corrected chi connectivity index (χ0v) is 13.2. The van der Waals surface area contributed by atoms with E-state index in [-0.39, 0.29) is 18.2 Å². The fourth-order valence-corrected chi connectivity index (χ4v) is 4.66. The highest BCUT2D eigenvalue weighted by atomic mass is 32.2. The summed E-state index contributed by atoms with van der Waals surface area (Å²) in [5, 5.41) is 12.1. The predicted molar refractivity (Wildman–Crippen MR) is 80.9 cm³/mol. The van der Waals surface area contributed by atoms with E-state index in [1.54, 1.807) is 13.8 Å². The Morgan fingerprint density at radius 1 is 1.36 bits per heavy atom. The summed E-state index contributed by atoms with van der Waals surface area (Å²) in [4.78, 5) is 25.4. The normalized spacial score (nSPS) is 32.3. The number of benzene rings is 1. The van der Waals surface area contributed by atoms with Crippen molar-refractivity contribution in [3.05, 3.63) is 35.9 Å². The molecule has 4 atom stereocenters. The van der Waals surface area contributed by atoms with Crippen LogP contribution in [0.1, 0.15) is 19.4 Å². The highest BCUT2D eigenvalue weighted by Crippen LogP contribution is 2.42. The maximum absolute atomic E-state index is 12.4. The molecule has 6 nitrogen and oxygen atoms in total. The molecule has 0 spiro atoms. The van der Waals surface area contributed by atoms with Gasteiger partial charge in [-0.2, -0.15) is 0 Å². The van der Waals surface area contributed by atoms with E-state index in [0.717, 1.165) is 5.56 Å². The second-order valence-electron chi connectivity index (χ2n) is 6.12. The van der Waals surface area contributed by atoms with Crippen LogP contribution >= 0.6 is 0 Å². The van der Waals surface area contributed by atoms with Crippen LogP contribution in [0.4, 0.5) is 0 Å². The molecule has 2 N–H and O–H groups in total. The van der Waals surface area contributed by atoms with E-state index in [2.05, 4.69) is 5.32 Å². The highest BCUT2D eigenvalue weighted by molar-refractivity contribution is 7.87. The first-order valence-corrected chi connectivity index (χ1v) is 8.29. The van der Waals surface area contributed by atoms with E-state index in [4.69, 9.17) is 0 Å². The zero-order chi connectivity index (χ0) is 16.1. The predicted octanol–water partition coefficient (Wildman–Crippen LogP) is -0.259. The van der Waals surface area contributed by atoms with Crippen molar-refractivity contribution in [3.8, 4) is 0 Å². The number of nitrogens with zero attached hydrogens (tertiary/aromatic N) is 1. The molecule has 2 heterocycles. The summed E-state index contributed by atoms with van der Waals surface area (Å²) in [5.41, 5.74) is 0.844. The minimum Gasteiger partial charge on any atom is -0.372 e. The van der Waals surface area contributed by atoms with Crippen LogP contribution in [0, 0.1) is 0 Å². The number of nitrogens with one attached hydrogen (secondary N) is 1. The van der Waals surface area contributed by atoms with E-state index in [0.29, 0.717) is 0 Å². The number of carbonyl (C=O) groups excluding carboxylic acids is 2. The summed E-state index contributed by atoms with van der Waals surface area (Å²) in [5.74, 6) is -0.668. The quantitative estimate of drug-likeness (QED) is 0.751. The first-order chi connectivity index (χ1) is 10.3. The molecule has 2 amide bonds.